The summed E-state index contributed by atoms with van der Waals surface area (Å²) in [6.45, 7) is 1.64. The lowest BCUT2D eigenvalue weighted by molar-refractivity contribution is -0.119. The molecule has 2 saturated carbocycles. The first-order valence-corrected chi connectivity index (χ1v) is 7.51. The van der Waals surface area contributed by atoms with Gasteiger partial charge in [0.15, 0.2) is 0 Å². The monoisotopic (exact) mass is 237 g/mol. The van der Waals surface area contributed by atoms with Gasteiger partial charge < -0.3 is 5.32 Å². The summed E-state index contributed by atoms with van der Waals surface area (Å²) >= 11 is 0. The molecule has 0 spiro atoms. The van der Waals surface area contributed by atoms with Crippen molar-refractivity contribution in [3.05, 3.63) is 0 Å². The van der Waals surface area contributed by atoms with Gasteiger partial charge in [0, 0.05) is 13.0 Å². The highest BCUT2D eigenvalue weighted by molar-refractivity contribution is 5.73. The van der Waals surface area contributed by atoms with Gasteiger partial charge in [-0.15, -0.1) is 0 Å². The van der Waals surface area contributed by atoms with Crippen LogP contribution in [0.4, 0.5) is 0 Å². The van der Waals surface area contributed by atoms with Gasteiger partial charge in [-0.05, 0) is 31.1 Å². The van der Waals surface area contributed by atoms with Crippen molar-refractivity contribution in [2.45, 2.75) is 77.2 Å². The van der Waals surface area contributed by atoms with Crippen molar-refractivity contribution >= 4 is 5.91 Å². The van der Waals surface area contributed by atoms with Crippen molar-refractivity contribution in [1.29, 1.82) is 0 Å². The molecule has 2 rings (SSSR count). The molecule has 0 aromatic heterocycles. The number of hydrogen-bond acceptors (Lipinski definition) is 1. The second-order valence-electron chi connectivity index (χ2n) is 6.17. The number of hydrogen-bond donors (Lipinski definition) is 1. The fourth-order valence-corrected chi connectivity index (χ4v) is 3.82. The fourth-order valence-electron chi connectivity index (χ4n) is 3.82. The van der Waals surface area contributed by atoms with E-state index in [4.69, 9.17) is 0 Å². The maximum atomic E-state index is 11.1. The molecule has 0 unspecified atom stereocenters. The molecular weight excluding hydrogens is 210 g/mol. The Morgan fingerprint density at radius 3 is 2.41 bits per heavy atom. The van der Waals surface area contributed by atoms with E-state index in [9.17, 15) is 4.79 Å². The van der Waals surface area contributed by atoms with E-state index in [1.807, 2.05) is 0 Å². The van der Waals surface area contributed by atoms with Gasteiger partial charge >= 0.3 is 0 Å². The van der Waals surface area contributed by atoms with E-state index in [-0.39, 0.29) is 5.91 Å². The highest BCUT2D eigenvalue weighted by Gasteiger charge is 2.25. The largest absolute Gasteiger partial charge is 0.354 e. The number of nitrogens with one attached hydrogen (secondary N) is 1. The van der Waals surface area contributed by atoms with Crippen LogP contribution >= 0.6 is 0 Å². The lowest BCUT2D eigenvalue weighted by Crippen LogP contribution is -2.37. The molecule has 2 aliphatic rings. The molecule has 0 aromatic rings. The van der Waals surface area contributed by atoms with Crippen LogP contribution in [0.2, 0.25) is 0 Å². The van der Waals surface area contributed by atoms with E-state index in [0.29, 0.717) is 6.04 Å². The number of carbonyl (C=O) groups is 1. The minimum absolute atomic E-state index is 0.147. The summed E-state index contributed by atoms with van der Waals surface area (Å²) in [4.78, 5) is 11.1. The summed E-state index contributed by atoms with van der Waals surface area (Å²) in [6, 6.07) is 0.467. The summed E-state index contributed by atoms with van der Waals surface area (Å²) < 4.78 is 0. The lowest BCUT2D eigenvalue weighted by Gasteiger charge is -2.33. The summed E-state index contributed by atoms with van der Waals surface area (Å²) in [5.41, 5.74) is 0. The lowest BCUT2D eigenvalue weighted by atomic mass is 9.76. The Balaban J connectivity index is 1.74. The zero-order chi connectivity index (χ0) is 12.1. The molecule has 2 nitrogen and oxygen atoms in total. The Kier molecular flexibility index (Phi) is 4.87. The number of rotatable bonds is 3. The molecule has 0 aliphatic heterocycles. The average Bonchev–Trinajstić information content (AvgIpc) is 2.30. The molecule has 2 atom stereocenters. The minimum atomic E-state index is 0.147. The second kappa shape index (κ2) is 6.42. The van der Waals surface area contributed by atoms with Crippen LogP contribution in [0.3, 0.4) is 0 Å². The highest BCUT2D eigenvalue weighted by Crippen LogP contribution is 2.35. The van der Waals surface area contributed by atoms with Gasteiger partial charge in [-0.2, -0.15) is 0 Å². The molecule has 98 valence electrons. The zero-order valence-electron chi connectivity index (χ0n) is 11.2. The van der Waals surface area contributed by atoms with Crippen LogP contribution in [-0.4, -0.2) is 11.9 Å². The Morgan fingerprint density at radius 2 is 1.71 bits per heavy atom. The third-order valence-corrected chi connectivity index (χ3v) is 4.58. The first-order chi connectivity index (χ1) is 8.24. The Hall–Kier alpha value is -0.530. The summed E-state index contributed by atoms with van der Waals surface area (Å²) in [6.07, 6.45) is 13.8. The third-order valence-electron chi connectivity index (χ3n) is 4.58. The van der Waals surface area contributed by atoms with Crippen molar-refractivity contribution in [1.82, 2.24) is 5.32 Å². The van der Waals surface area contributed by atoms with Gasteiger partial charge in [0.25, 0.3) is 0 Å². The van der Waals surface area contributed by atoms with Gasteiger partial charge in [-0.1, -0.05) is 44.9 Å². The maximum absolute atomic E-state index is 11.1. The predicted molar refractivity (Wildman–Crippen MR) is 70.8 cm³/mol. The predicted octanol–water partition coefficient (Wildman–Crippen LogP) is 3.65. The van der Waals surface area contributed by atoms with E-state index < -0.39 is 0 Å². The highest BCUT2D eigenvalue weighted by atomic mass is 16.1. The van der Waals surface area contributed by atoms with Crippen LogP contribution in [0.5, 0.6) is 0 Å². The van der Waals surface area contributed by atoms with E-state index in [1.165, 1.54) is 64.2 Å². The first-order valence-electron chi connectivity index (χ1n) is 7.51. The topological polar surface area (TPSA) is 29.1 Å². The molecule has 0 bridgehead atoms. The van der Waals surface area contributed by atoms with Gasteiger partial charge in [0.05, 0.1) is 0 Å². The smallest absolute Gasteiger partial charge is 0.217 e. The van der Waals surface area contributed by atoms with Crippen molar-refractivity contribution < 1.29 is 4.79 Å². The zero-order valence-corrected chi connectivity index (χ0v) is 11.2. The average molecular weight is 237 g/mol. The van der Waals surface area contributed by atoms with E-state index in [0.717, 1.165) is 11.8 Å². The maximum Gasteiger partial charge on any atom is 0.217 e. The van der Waals surface area contributed by atoms with E-state index in [1.54, 1.807) is 6.92 Å². The molecule has 1 amide bonds. The van der Waals surface area contributed by atoms with E-state index in [2.05, 4.69) is 5.32 Å². The van der Waals surface area contributed by atoms with Crippen LogP contribution in [0.15, 0.2) is 0 Å². The van der Waals surface area contributed by atoms with Crippen LogP contribution in [0.1, 0.15) is 71.1 Å². The van der Waals surface area contributed by atoms with Gasteiger partial charge in [0.2, 0.25) is 5.91 Å². The molecule has 1 N–H and O–H groups in total. The minimum Gasteiger partial charge on any atom is -0.354 e. The number of amides is 1. The van der Waals surface area contributed by atoms with Crippen LogP contribution < -0.4 is 5.32 Å². The molecule has 0 radical (unpaired) electrons. The van der Waals surface area contributed by atoms with Crippen molar-refractivity contribution in [2.24, 2.45) is 11.8 Å². The van der Waals surface area contributed by atoms with Crippen molar-refractivity contribution in [2.75, 3.05) is 0 Å². The van der Waals surface area contributed by atoms with E-state index >= 15 is 0 Å². The Morgan fingerprint density at radius 1 is 1.00 bits per heavy atom. The van der Waals surface area contributed by atoms with Crippen LogP contribution in [0.25, 0.3) is 0 Å². The first kappa shape index (κ1) is 12.9. The molecule has 0 aromatic carbocycles. The van der Waals surface area contributed by atoms with Crippen LogP contribution in [-0.2, 0) is 4.79 Å². The normalized spacial score (nSPS) is 31.1. The summed E-state index contributed by atoms with van der Waals surface area (Å²) in [5, 5.41) is 3.11. The second-order valence-corrected chi connectivity index (χ2v) is 6.17. The SMILES string of the molecule is CC(=O)N[C@H]1CCC[C@H](CC2CCCCC2)C1. The summed E-state index contributed by atoms with van der Waals surface area (Å²) in [5.74, 6) is 2.02. The molecule has 2 fully saturated rings. The third kappa shape index (κ3) is 4.33. The van der Waals surface area contributed by atoms with Crippen molar-refractivity contribution in [3.63, 3.8) is 0 Å². The Labute approximate surface area is 106 Å². The Bertz CT molecular complexity index is 245. The van der Waals surface area contributed by atoms with Gasteiger partial charge in [-0.25, -0.2) is 0 Å². The molecule has 2 aliphatic carbocycles. The molecule has 0 saturated heterocycles. The molecule has 17 heavy (non-hydrogen) atoms. The molecule has 0 heterocycles. The molecular formula is C15H27NO. The van der Waals surface area contributed by atoms with Crippen LogP contribution in [0, 0.1) is 11.8 Å². The van der Waals surface area contributed by atoms with Gasteiger partial charge in [0.1, 0.15) is 0 Å². The van der Waals surface area contributed by atoms with Crippen molar-refractivity contribution in [3.8, 4) is 0 Å². The molecule has 2 heteroatoms. The standard InChI is InChI=1S/C15H27NO/c1-12(17)16-15-9-5-8-14(11-15)10-13-6-3-2-4-7-13/h13-15H,2-11H2,1H3,(H,16,17)/t14-,15+/m1/s1. The number of carbonyl (C=O) groups excluding carboxylic acids is 1. The van der Waals surface area contributed by atoms with Gasteiger partial charge in [-0.3, -0.25) is 4.79 Å². The summed E-state index contributed by atoms with van der Waals surface area (Å²) in [7, 11) is 0. The fraction of sp³-hybridized carbons (Fsp3) is 0.933. The quantitative estimate of drug-likeness (QED) is 0.797.